The van der Waals surface area contributed by atoms with Crippen LogP contribution in [0.1, 0.15) is 50.8 Å². The second-order valence-corrected chi connectivity index (χ2v) is 7.32. The van der Waals surface area contributed by atoms with Crippen molar-refractivity contribution in [3.05, 3.63) is 35.4 Å². The fourth-order valence-corrected chi connectivity index (χ4v) is 3.40. The highest BCUT2D eigenvalue weighted by Gasteiger charge is 2.32. The molecule has 0 aromatic heterocycles. The van der Waals surface area contributed by atoms with Crippen LogP contribution in [0.5, 0.6) is 0 Å². The molecule has 1 aromatic carbocycles. The van der Waals surface area contributed by atoms with E-state index in [0.717, 1.165) is 19.3 Å². The van der Waals surface area contributed by atoms with Crippen LogP contribution >= 0.6 is 0 Å². The molecule has 2 atom stereocenters. The number of aliphatic hydroxyl groups is 1. The Morgan fingerprint density at radius 2 is 2.20 bits per heavy atom. The molecule has 0 saturated heterocycles. The van der Waals surface area contributed by atoms with E-state index in [1.165, 1.54) is 11.1 Å². The van der Waals surface area contributed by atoms with Gasteiger partial charge in [0.05, 0.1) is 19.2 Å². The molecule has 1 aliphatic carbocycles. The summed E-state index contributed by atoms with van der Waals surface area (Å²) in [6.45, 7) is 6.23. The summed E-state index contributed by atoms with van der Waals surface area (Å²) in [5, 5.41) is 21.7. The van der Waals surface area contributed by atoms with Gasteiger partial charge in [-0.1, -0.05) is 38.1 Å². The predicted octanol–water partition coefficient (Wildman–Crippen LogP) is 2.41. The molecular formula is C20H29N3O2. The van der Waals surface area contributed by atoms with Gasteiger partial charge in [-0.25, -0.2) is 0 Å². The highest BCUT2D eigenvalue weighted by atomic mass is 16.3. The molecule has 0 saturated carbocycles. The third kappa shape index (κ3) is 4.59. The molecule has 0 fully saturated rings. The Morgan fingerprint density at radius 1 is 1.48 bits per heavy atom. The van der Waals surface area contributed by atoms with Crippen molar-refractivity contribution in [3.8, 4) is 6.07 Å². The molecule has 5 nitrogen and oxygen atoms in total. The van der Waals surface area contributed by atoms with Crippen molar-refractivity contribution >= 4 is 5.91 Å². The molecular weight excluding hydrogens is 314 g/mol. The number of carbonyl (C=O) groups is 1. The summed E-state index contributed by atoms with van der Waals surface area (Å²) in [6.07, 6.45) is 3.11. The lowest BCUT2D eigenvalue weighted by Crippen LogP contribution is -2.52. The number of nitrogens with zero attached hydrogens (tertiary/aromatic N) is 2. The molecule has 25 heavy (non-hydrogen) atoms. The molecule has 2 rings (SSSR count). The third-order valence-electron chi connectivity index (χ3n) is 5.30. The summed E-state index contributed by atoms with van der Waals surface area (Å²) in [4.78, 5) is 14.6. The average Bonchev–Trinajstić information content (AvgIpc) is 2.60. The lowest BCUT2D eigenvalue weighted by molar-refractivity contribution is -0.124. The van der Waals surface area contributed by atoms with Crippen LogP contribution in [0.4, 0.5) is 0 Å². The quantitative estimate of drug-likeness (QED) is 0.797. The summed E-state index contributed by atoms with van der Waals surface area (Å²) in [5.41, 5.74) is 1.69. The molecule has 1 amide bonds. The van der Waals surface area contributed by atoms with Crippen LogP contribution in [0.2, 0.25) is 0 Å². The van der Waals surface area contributed by atoms with Crippen molar-refractivity contribution in [3.63, 3.8) is 0 Å². The number of rotatable bonds is 7. The van der Waals surface area contributed by atoms with Crippen molar-refractivity contribution in [1.82, 2.24) is 10.2 Å². The van der Waals surface area contributed by atoms with Gasteiger partial charge in [-0.15, -0.1) is 0 Å². The van der Waals surface area contributed by atoms with E-state index < -0.39 is 5.54 Å². The summed E-state index contributed by atoms with van der Waals surface area (Å²) >= 11 is 0. The van der Waals surface area contributed by atoms with E-state index in [2.05, 4.69) is 23.5 Å². The largest absolute Gasteiger partial charge is 0.395 e. The molecule has 0 bridgehead atoms. The number of hydrogen-bond acceptors (Lipinski definition) is 4. The van der Waals surface area contributed by atoms with Crippen LogP contribution in [-0.4, -0.2) is 41.1 Å². The Labute approximate surface area is 150 Å². The molecule has 5 heteroatoms. The lowest BCUT2D eigenvalue weighted by Gasteiger charge is -2.36. The van der Waals surface area contributed by atoms with Crippen LogP contribution < -0.4 is 5.32 Å². The monoisotopic (exact) mass is 343 g/mol. The van der Waals surface area contributed by atoms with Gasteiger partial charge in [0.25, 0.3) is 0 Å². The van der Waals surface area contributed by atoms with Crippen LogP contribution in [0, 0.1) is 17.2 Å². The minimum Gasteiger partial charge on any atom is -0.395 e. The Hall–Kier alpha value is -1.90. The average molecular weight is 343 g/mol. The predicted molar refractivity (Wildman–Crippen MR) is 97.8 cm³/mol. The second-order valence-electron chi connectivity index (χ2n) is 7.32. The van der Waals surface area contributed by atoms with Gasteiger partial charge in [0, 0.05) is 12.6 Å². The fraction of sp³-hybridized carbons (Fsp3) is 0.600. The molecule has 0 heterocycles. The Balaban J connectivity index is 2.14. The summed E-state index contributed by atoms with van der Waals surface area (Å²) in [5.74, 6) is -0.155. The number of fused-ring (bicyclic) bond motifs is 1. The number of nitriles is 1. The normalized spacial score (nSPS) is 19.2. The zero-order valence-electron chi connectivity index (χ0n) is 15.5. The Kier molecular flexibility index (Phi) is 6.57. The molecule has 1 aliphatic rings. The molecule has 2 N–H and O–H groups in total. The van der Waals surface area contributed by atoms with Crippen molar-refractivity contribution in [2.75, 3.05) is 19.7 Å². The van der Waals surface area contributed by atoms with Gasteiger partial charge in [0.2, 0.25) is 5.91 Å². The van der Waals surface area contributed by atoms with E-state index in [1.807, 2.05) is 30.9 Å². The SMILES string of the molecule is CC(C)[C@@](C)(C#N)NC(=O)CN(CCO)[C@H]1CCCc2ccccc21. The van der Waals surface area contributed by atoms with Crippen LogP contribution in [0.25, 0.3) is 0 Å². The topological polar surface area (TPSA) is 76.4 Å². The molecule has 136 valence electrons. The molecule has 1 aromatic rings. The Bertz CT molecular complexity index is 638. The maximum Gasteiger partial charge on any atom is 0.235 e. The van der Waals surface area contributed by atoms with Crippen LogP contribution in [-0.2, 0) is 11.2 Å². The number of aliphatic hydroxyl groups excluding tert-OH is 1. The van der Waals surface area contributed by atoms with E-state index >= 15 is 0 Å². The van der Waals surface area contributed by atoms with Crippen molar-refractivity contribution < 1.29 is 9.90 Å². The van der Waals surface area contributed by atoms with E-state index in [-0.39, 0.29) is 31.0 Å². The number of amides is 1. The highest BCUT2D eigenvalue weighted by molar-refractivity contribution is 5.79. The molecule has 0 aliphatic heterocycles. The van der Waals surface area contributed by atoms with Crippen molar-refractivity contribution in [2.45, 2.75) is 51.6 Å². The summed E-state index contributed by atoms with van der Waals surface area (Å²) in [6, 6.07) is 10.7. The van der Waals surface area contributed by atoms with E-state index in [9.17, 15) is 15.2 Å². The standard InChI is InChI=1S/C20H29N3O2/c1-15(2)20(3,14-21)22-19(25)13-23(11-12-24)18-10-6-8-16-7-4-5-9-17(16)18/h4-5,7,9,15,18,24H,6,8,10-13H2,1-3H3,(H,22,25)/t18-,20+/m0/s1. The van der Waals surface area contributed by atoms with Crippen molar-refractivity contribution in [2.24, 2.45) is 5.92 Å². The molecule has 0 spiro atoms. The van der Waals surface area contributed by atoms with Crippen LogP contribution in [0.15, 0.2) is 24.3 Å². The first-order valence-electron chi connectivity index (χ1n) is 9.06. The number of nitrogens with one attached hydrogen (secondary N) is 1. The van der Waals surface area contributed by atoms with E-state index in [0.29, 0.717) is 6.54 Å². The fourth-order valence-electron chi connectivity index (χ4n) is 3.40. The number of hydrogen-bond donors (Lipinski definition) is 2. The first-order chi connectivity index (χ1) is 11.9. The van der Waals surface area contributed by atoms with Gasteiger partial charge in [-0.3, -0.25) is 9.69 Å². The van der Waals surface area contributed by atoms with Gasteiger partial charge in [-0.2, -0.15) is 5.26 Å². The van der Waals surface area contributed by atoms with Gasteiger partial charge in [0.15, 0.2) is 0 Å². The summed E-state index contributed by atoms with van der Waals surface area (Å²) in [7, 11) is 0. The van der Waals surface area contributed by atoms with Crippen LogP contribution in [0.3, 0.4) is 0 Å². The van der Waals surface area contributed by atoms with Gasteiger partial charge in [0.1, 0.15) is 5.54 Å². The lowest BCUT2D eigenvalue weighted by atomic mass is 9.86. The van der Waals surface area contributed by atoms with E-state index in [4.69, 9.17) is 0 Å². The first-order valence-corrected chi connectivity index (χ1v) is 9.06. The van der Waals surface area contributed by atoms with Gasteiger partial charge in [-0.05, 0) is 43.2 Å². The third-order valence-corrected chi connectivity index (χ3v) is 5.30. The number of benzene rings is 1. The van der Waals surface area contributed by atoms with E-state index in [1.54, 1.807) is 6.92 Å². The molecule has 0 unspecified atom stereocenters. The minimum absolute atomic E-state index is 0.00560. The first kappa shape index (κ1) is 19.4. The number of aryl methyl sites for hydroxylation is 1. The van der Waals surface area contributed by atoms with Crippen molar-refractivity contribution in [1.29, 1.82) is 5.26 Å². The highest BCUT2D eigenvalue weighted by Crippen LogP contribution is 2.34. The number of carbonyl (C=O) groups excluding carboxylic acids is 1. The van der Waals surface area contributed by atoms with Gasteiger partial charge >= 0.3 is 0 Å². The smallest absolute Gasteiger partial charge is 0.235 e. The van der Waals surface area contributed by atoms with Gasteiger partial charge < -0.3 is 10.4 Å². The maximum absolute atomic E-state index is 12.6. The second kappa shape index (κ2) is 8.46. The Morgan fingerprint density at radius 3 is 2.84 bits per heavy atom. The maximum atomic E-state index is 12.6. The summed E-state index contributed by atoms with van der Waals surface area (Å²) < 4.78 is 0. The zero-order chi connectivity index (χ0) is 18.4. The minimum atomic E-state index is -0.882. The zero-order valence-corrected chi connectivity index (χ0v) is 15.5. The molecule has 0 radical (unpaired) electrons.